The summed E-state index contributed by atoms with van der Waals surface area (Å²) >= 11 is 0. The Bertz CT molecular complexity index is 509. The van der Waals surface area contributed by atoms with Crippen LogP contribution < -0.4 is 10.6 Å². The molecule has 2 rings (SSSR count). The first-order valence-corrected chi connectivity index (χ1v) is 6.50. The number of pyridine rings is 1. The highest BCUT2D eigenvalue weighted by atomic mass is 15.1. The van der Waals surface area contributed by atoms with Gasteiger partial charge in [0, 0.05) is 31.7 Å². The van der Waals surface area contributed by atoms with E-state index in [0.717, 1.165) is 36.5 Å². The van der Waals surface area contributed by atoms with Crippen LogP contribution in [0.2, 0.25) is 0 Å². The zero-order chi connectivity index (χ0) is 13.5. The van der Waals surface area contributed by atoms with Crippen molar-refractivity contribution >= 4 is 11.8 Å². The van der Waals surface area contributed by atoms with Crippen molar-refractivity contribution in [2.24, 2.45) is 0 Å². The van der Waals surface area contributed by atoms with Gasteiger partial charge in [-0.05, 0) is 30.5 Å². The number of nitrogens with one attached hydrogen (secondary N) is 2. The summed E-state index contributed by atoms with van der Waals surface area (Å²) < 4.78 is 0. The molecule has 0 atom stereocenters. The third kappa shape index (κ3) is 3.91. The highest BCUT2D eigenvalue weighted by Crippen LogP contribution is 2.08. The largest absolute Gasteiger partial charge is 0.368 e. The van der Waals surface area contributed by atoms with Crippen molar-refractivity contribution in [3.63, 3.8) is 0 Å². The minimum absolute atomic E-state index is 0.664. The number of hydrogen-bond acceptors (Lipinski definition) is 5. The van der Waals surface area contributed by atoms with Gasteiger partial charge in [0.2, 0.25) is 5.95 Å². The maximum atomic E-state index is 4.28. The summed E-state index contributed by atoms with van der Waals surface area (Å²) in [7, 11) is 0. The van der Waals surface area contributed by atoms with E-state index < -0.39 is 0 Å². The molecule has 0 bridgehead atoms. The second-order valence-corrected chi connectivity index (χ2v) is 4.29. The van der Waals surface area contributed by atoms with Crippen LogP contribution in [-0.2, 0) is 6.42 Å². The number of aromatic nitrogens is 3. The molecule has 0 spiro atoms. The molecule has 5 heteroatoms. The molecule has 0 saturated heterocycles. The Morgan fingerprint density at radius 1 is 1.05 bits per heavy atom. The molecule has 2 aromatic rings. The van der Waals surface area contributed by atoms with Crippen molar-refractivity contribution in [2.75, 3.05) is 23.7 Å². The summed E-state index contributed by atoms with van der Waals surface area (Å²) in [4.78, 5) is 12.8. The standard InChI is InChI=1S/C14H19N5/c1-3-12-9-18-14(19-10-12)17-8-7-16-13-11(2)5-4-6-15-13/h4-6,9-10H,3,7-8H2,1-2H3,(H,15,16)(H,17,18,19). The van der Waals surface area contributed by atoms with E-state index in [-0.39, 0.29) is 0 Å². The summed E-state index contributed by atoms with van der Waals surface area (Å²) in [5.74, 6) is 1.59. The predicted molar refractivity (Wildman–Crippen MR) is 77.4 cm³/mol. The van der Waals surface area contributed by atoms with Crippen LogP contribution in [0, 0.1) is 6.92 Å². The second-order valence-electron chi connectivity index (χ2n) is 4.29. The van der Waals surface area contributed by atoms with Gasteiger partial charge in [0.15, 0.2) is 0 Å². The highest BCUT2D eigenvalue weighted by molar-refractivity contribution is 5.42. The molecule has 0 fully saturated rings. The average molecular weight is 257 g/mol. The normalized spacial score (nSPS) is 10.2. The molecule has 19 heavy (non-hydrogen) atoms. The van der Waals surface area contributed by atoms with Crippen LogP contribution in [0.3, 0.4) is 0 Å². The molecule has 100 valence electrons. The van der Waals surface area contributed by atoms with E-state index >= 15 is 0 Å². The lowest BCUT2D eigenvalue weighted by Crippen LogP contribution is -2.16. The summed E-state index contributed by atoms with van der Waals surface area (Å²) in [6.07, 6.45) is 6.45. The molecule has 5 nitrogen and oxygen atoms in total. The Kier molecular flexibility index (Phi) is 4.66. The Balaban J connectivity index is 1.76. The predicted octanol–water partition coefficient (Wildman–Crippen LogP) is 2.27. The molecular weight excluding hydrogens is 238 g/mol. The number of hydrogen-bond donors (Lipinski definition) is 2. The lowest BCUT2D eigenvalue weighted by molar-refractivity contribution is 0.991. The zero-order valence-corrected chi connectivity index (χ0v) is 11.3. The topological polar surface area (TPSA) is 62.7 Å². The average Bonchev–Trinajstić information content (AvgIpc) is 2.46. The van der Waals surface area contributed by atoms with Gasteiger partial charge in [-0.2, -0.15) is 0 Å². The van der Waals surface area contributed by atoms with Crippen molar-refractivity contribution < 1.29 is 0 Å². The van der Waals surface area contributed by atoms with E-state index in [0.29, 0.717) is 5.95 Å². The van der Waals surface area contributed by atoms with Gasteiger partial charge >= 0.3 is 0 Å². The Morgan fingerprint density at radius 3 is 2.47 bits per heavy atom. The van der Waals surface area contributed by atoms with Crippen molar-refractivity contribution in [3.8, 4) is 0 Å². The Hall–Kier alpha value is -2.17. The first-order valence-electron chi connectivity index (χ1n) is 6.50. The maximum absolute atomic E-state index is 4.28. The number of nitrogens with zero attached hydrogens (tertiary/aromatic N) is 3. The molecule has 0 amide bonds. The van der Waals surface area contributed by atoms with Gasteiger partial charge in [-0.3, -0.25) is 0 Å². The van der Waals surface area contributed by atoms with Crippen LogP contribution in [0.15, 0.2) is 30.7 Å². The SMILES string of the molecule is CCc1cnc(NCCNc2ncccc2C)nc1. The van der Waals surface area contributed by atoms with E-state index in [1.807, 2.05) is 31.5 Å². The van der Waals surface area contributed by atoms with Gasteiger partial charge in [0.05, 0.1) is 0 Å². The molecule has 0 unspecified atom stereocenters. The fourth-order valence-corrected chi connectivity index (χ4v) is 1.65. The summed E-state index contributed by atoms with van der Waals surface area (Å²) in [6.45, 7) is 5.65. The number of aryl methyl sites for hydroxylation is 2. The molecule has 2 heterocycles. The first-order chi connectivity index (χ1) is 9.29. The smallest absolute Gasteiger partial charge is 0.222 e. The van der Waals surface area contributed by atoms with E-state index in [1.165, 1.54) is 0 Å². The van der Waals surface area contributed by atoms with Crippen molar-refractivity contribution in [1.82, 2.24) is 15.0 Å². The van der Waals surface area contributed by atoms with Crippen molar-refractivity contribution in [3.05, 3.63) is 41.9 Å². The first kappa shape index (κ1) is 13.3. The number of rotatable bonds is 6. The van der Waals surface area contributed by atoms with Gasteiger partial charge in [0.25, 0.3) is 0 Å². The van der Waals surface area contributed by atoms with Crippen LogP contribution in [-0.4, -0.2) is 28.0 Å². The number of anilines is 2. The highest BCUT2D eigenvalue weighted by Gasteiger charge is 1.98. The third-order valence-electron chi connectivity index (χ3n) is 2.82. The van der Waals surface area contributed by atoms with Crippen LogP contribution in [0.25, 0.3) is 0 Å². The van der Waals surface area contributed by atoms with Gasteiger partial charge in [-0.25, -0.2) is 15.0 Å². The van der Waals surface area contributed by atoms with E-state index in [2.05, 4.69) is 32.5 Å². The molecule has 2 N–H and O–H groups in total. The Morgan fingerprint density at radius 2 is 1.79 bits per heavy atom. The summed E-state index contributed by atoms with van der Waals surface area (Å²) in [5.41, 5.74) is 2.29. The van der Waals surface area contributed by atoms with Gasteiger partial charge in [-0.1, -0.05) is 13.0 Å². The zero-order valence-electron chi connectivity index (χ0n) is 11.3. The minimum Gasteiger partial charge on any atom is -0.368 e. The Labute approximate surface area is 113 Å². The van der Waals surface area contributed by atoms with E-state index in [9.17, 15) is 0 Å². The molecule has 2 aromatic heterocycles. The fraction of sp³-hybridized carbons (Fsp3) is 0.357. The fourth-order valence-electron chi connectivity index (χ4n) is 1.65. The molecule has 0 saturated carbocycles. The van der Waals surface area contributed by atoms with Crippen LogP contribution in [0.4, 0.5) is 11.8 Å². The molecule has 0 aromatic carbocycles. The molecule has 0 aliphatic carbocycles. The molecule has 0 aliphatic heterocycles. The van der Waals surface area contributed by atoms with Gasteiger partial charge < -0.3 is 10.6 Å². The lowest BCUT2D eigenvalue weighted by atomic mass is 10.3. The third-order valence-corrected chi connectivity index (χ3v) is 2.82. The summed E-state index contributed by atoms with van der Waals surface area (Å²) in [5, 5.41) is 6.45. The van der Waals surface area contributed by atoms with E-state index in [1.54, 1.807) is 6.20 Å². The summed E-state index contributed by atoms with van der Waals surface area (Å²) in [6, 6.07) is 3.97. The van der Waals surface area contributed by atoms with Gasteiger partial charge in [-0.15, -0.1) is 0 Å². The van der Waals surface area contributed by atoms with E-state index in [4.69, 9.17) is 0 Å². The quantitative estimate of drug-likeness (QED) is 0.777. The molecular formula is C14H19N5. The molecule has 0 radical (unpaired) electrons. The molecule has 0 aliphatic rings. The van der Waals surface area contributed by atoms with Gasteiger partial charge in [0.1, 0.15) is 5.82 Å². The lowest BCUT2D eigenvalue weighted by Gasteiger charge is -2.09. The minimum atomic E-state index is 0.664. The van der Waals surface area contributed by atoms with Crippen LogP contribution in [0.5, 0.6) is 0 Å². The maximum Gasteiger partial charge on any atom is 0.222 e. The van der Waals surface area contributed by atoms with Crippen molar-refractivity contribution in [1.29, 1.82) is 0 Å². The second kappa shape index (κ2) is 6.68. The van der Waals surface area contributed by atoms with Crippen molar-refractivity contribution in [2.45, 2.75) is 20.3 Å². The van der Waals surface area contributed by atoms with Crippen LogP contribution in [0.1, 0.15) is 18.1 Å². The van der Waals surface area contributed by atoms with Crippen LogP contribution >= 0.6 is 0 Å². The monoisotopic (exact) mass is 257 g/mol.